The van der Waals surface area contributed by atoms with Gasteiger partial charge in [-0.2, -0.15) is 0 Å². The lowest BCUT2D eigenvalue weighted by atomic mass is 10.0. The first kappa shape index (κ1) is 20.7. The van der Waals surface area contributed by atoms with Crippen molar-refractivity contribution in [2.75, 3.05) is 26.2 Å². The van der Waals surface area contributed by atoms with Crippen molar-refractivity contribution >= 4 is 17.5 Å². The summed E-state index contributed by atoms with van der Waals surface area (Å²) in [5.74, 6) is 0.535. The highest BCUT2D eigenvalue weighted by atomic mass is 35.5. The number of unbranched alkanes of at least 4 members (excludes halogenated alkanes) is 1. The minimum Gasteiger partial charge on any atom is -0.493 e. The number of ether oxygens (including phenoxy) is 1. The van der Waals surface area contributed by atoms with E-state index in [4.69, 9.17) is 16.3 Å². The monoisotopic (exact) mass is 400 g/mol. The molecule has 1 fully saturated rings. The minimum absolute atomic E-state index is 0.0772. The van der Waals surface area contributed by atoms with Crippen LogP contribution in [0.4, 0.5) is 0 Å². The van der Waals surface area contributed by atoms with E-state index in [2.05, 4.69) is 23.2 Å². The van der Waals surface area contributed by atoms with Gasteiger partial charge in [-0.15, -0.1) is 0 Å². The maximum Gasteiger partial charge on any atom is 0.255 e. The van der Waals surface area contributed by atoms with Gasteiger partial charge < -0.3 is 10.1 Å². The fraction of sp³-hybridized carbons (Fsp3) is 0.435. The summed E-state index contributed by atoms with van der Waals surface area (Å²) in [5, 5.41) is 3.86. The number of likely N-dealkylation sites (tertiary alicyclic amines) is 1. The number of para-hydroxylation sites is 1. The zero-order valence-electron chi connectivity index (χ0n) is 16.5. The van der Waals surface area contributed by atoms with E-state index in [-0.39, 0.29) is 11.9 Å². The minimum atomic E-state index is -0.108. The second-order valence-corrected chi connectivity index (χ2v) is 7.60. The van der Waals surface area contributed by atoms with Crippen LogP contribution in [0.3, 0.4) is 0 Å². The number of nitrogens with one attached hydrogen (secondary N) is 1. The lowest BCUT2D eigenvalue weighted by Crippen LogP contribution is -2.37. The Hall–Kier alpha value is -2.04. The molecular weight excluding hydrogens is 372 g/mol. The van der Waals surface area contributed by atoms with Crippen LogP contribution in [0.2, 0.25) is 5.02 Å². The van der Waals surface area contributed by atoms with Gasteiger partial charge in [0.15, 0.2) is 0 Å². The van der Waals surface area contributed by atoms with Crippen LogP contribution >= 0.6 is 11.6 Å². The molecule has 0 aromatic heterocycles. The second kappa shape index (κ2) is 10.5. The normalized spacial score (nSPS) is 15.4. The van der Waals surface area contributed by atoms with Gasteiger partial charge in [0.2, 0.25) is 0 Å². The Morgan fingerprint density at radius 3 is 2.61 bits per heavy atom. The predicted octanol–water partition coefficient (Wildman–Crippen LogP) is 5.09. The molecule has 28 heavy (non-hydrogen) atoms. The highest BCUT2D eigenvalue weighted by Crippen LogP contribution is 2.30. The summed E-state index contributed by atoms with van der Waals surface area (Å²) in [6.07, 6.45) is 4.40. The van der Waals surface area contributed by atoms with Crippen molar-refractivity contribution in [3.8, 4) is 5.75 Å². The van der Waals surface area contributed by atoms with Crippen LogP contribution < -0.4 is 10.1 Å². The molecule has 0 unspecified atom stereocenters. The maximum absolute atomic E-state index is 12.9. The van der Waals surface area contributed by atoms with Gasteiger partial charge in [-0.3, -0.25) is 9.69 Å². The molecule has 0 spiro atoms. The van der Waals surface area contributed by atoms with E-state index >= 15 is 0 Å². The van der Waals surface area contributed by atoms with Gasteiger partial charge in [-0.25, -0.2) is 0 Å². The van der Waals surface area contributed by atoms with E-state index in [1.165, 1.54) is 12.8 Å². The summed E-state index contributed by atoms with van der Waals surface area (Å²) >= 11 is 6.47. The lowest BCUT2D eigenvalue weighted by molar-refractivity contribution is 0.0933. The molecule has 0 radical (unpaired) electrons. The molecule has 3 rings (SSSR count). The van der Waals surface area contributed by atoms with E-state index in [9.17, 15) is 4.79 Å². The van der Waals surface area contributed by atoms with E-state index in [0.29, 0.717) is 24.5 Å². The van der Waals surface area contributed by atoms with Gasteiger partial charge in [0.05, 0.1) is 18.2 Å². The molecule has 0 bridgehead atoms. The van der Waals surface area contributed by atoms with Crippen LogP contribution in [0.25, 0.3) is 0 Å². The first-order valence-corrected chi connectivity index (χ1v) is 10.6. The second-order valence-electron chi connectivity index (χ2n) is 7.19. The molecular formula is C23H29ClN2O2. The molecule has 1 saturated heterocycles. The molecule has 1 heterocycles. The third-order valence-corrected chi connectivity index (χ3v) is 5.53. The number of benzene rings is 2. The molecule has 0 saturated carbocycles. The standard InChI is InChI=1S/C23H29ClN2O2/c1-2-3-16-28-22-13-7-5-11-19(22)23(27)25-17-21(26-14-8-9-15-26)18-10-4-6-12-20(18)24/h4-7,10-13,21H,2-3,8-9,14-17H2,1H3,(H,25,27)/t21-/m0/s1. The first-order chi connectivity index (χ1) is 13.7. The van der Waals surface area contributed by atoms with Crippen molar-refractivity contribution < 1.29 is 9.53 Å². The van der Waals surface area contributed by atoms with Gasteiger partial charge in [0.1, 0.15) is 5.75 Å². The average molecular weight is 401 g/mol. The maximum atomic E-state index is 12.9. The van der Waals surface area contributed by atoms with E-state index in [1.807, 2.05) is 42.5 Å². The zero-order valence-corrected chi connectivity index (χ0v) is 17.3. The SMILES string of the molecule is CCCCOc1ccccc1C(=O)NC[C@@H](c1ccccc1Cl)N1CCCC1. The topological polar surface area (TPSA) is 41.6 Å². The number of hydrogen-bond acceptors (Lipinski definition) is 3. The molecule has 2 aromatic rings. The number of nitrogens with zero attached hydrogens (tertiary/aromatic N) is 1. The molecule has 1 aliphatic rings. The summed E-state index contributed by atoms with van der Waals surface area (Å²) in [4.78, 5) is 15.3. The van der Waals surface area contributed by atoms with Crippen molar-refractivity contribution in [3.63, 3.8) is 0 Å². The van der Waals surface area contributed by atoms with Crippen LogP contribution in [0.5, 0.6) is 5.75 Å². The van der Waals surface area contributed by atoms with E-state index in [0.717, 1.165) is 36.5 Å². The van der Waals surface area contributed by atoms with Crippen LogP contribution in [0, 0.1) is 0 Å². The Morgan fingerprint density at radius 1 is 1.14 bits per heavy atom. The third kappa shape index (κ3) is 5.27. The molecule has 4 nitrogen and oxygen atoms in total. The molecule has 1 N–H and O–H groups in total. The van der Waals surface area contributed by atoms with Gasteiger partial charge in [-0.1, -0.05) is 55.3 Å². The van der Waals surface area contributed by atoms with Crippen LogP contribution in [0.15, 0.2) is 48.5 Å². The van der Waals surface area contributed by atoms with Crippen molar-refractivity contribution in [1.29, 1.82) is 0 Å². The van der Waals surface area contributed by atoms with Gasteiger partial charge >= 0.3 is 0 Å². The largest absolute Gasteiger partial charge is 0.493 e. The van der Waals surface area contributed by atoms with Crippen LogP contribution in [-0.2, 0) is 0 Å². The number of carbonyl (C=O) groups excluding carboxylic acids is 1. The third-order valence-electron chi connectivity index (χ3n) is 5.19. The molecule has 1 atom stereocenters. The van der Waals surface area contributed by atoms with Gasteiger partial charge in [0, 0.05) is 11.6 Å². The van der Waals surface area contributed by atoms with Crippen molar-refractivity contribution in [1.82, 2.24) is 10.2 Å². The zero-order chi connectivity index (χ0) is 19.8. The summed E-state index contributed by atoms with van der Waals surface area (Å²) in [6, 6.07) is 15.4. The quantitative estimate of drug-likeness (QED) is 0.596. The predicted molar refractivity (Wildman–Crippen MR) is 114 cm³/mol. The number of hydrogen-bond donors (Lipinski definition) is 1. The average Bonchev–Trinajstić information content (AvgIpc) is 3.24. The smallest absolute Gasteiger partial charge is 0.255 e. The van der Waals surface area contributed by atoms with Crippen molar-refractivity contribution in [2.24, 2.45) is 0 Å². The fourth-order valence-corrected chi connectivity index (χ4v) is 3.89. The number of halogens is 1. The van der Waals surface area contributed by atoms with Crippen molar-refractivity contribution in [2.45, 2.75) is 38.6 Å². The van der Waals surface area contributed by atoms with E-state index in [1.54, 1.807) is 0 Å². The van der Waals surface area contributed by atoms with Gasteiger partial charge in [-0.05, 0) is 56.1 Å². The Morgan fingerprint density at radius 2 is 1.86 bits per heavy atom. The molecule has 5 heteroatoms. The number of carbonyl (C=O) groups is 1. The van der Waals surface area contributed by atoms with Crippen LogP contribution in [0.1, 0.15) is 54.6 Å². The summed E-state index contributed by atoms with van der Waals surface area (Å²) < 4.78 is 5.82. The van der Waals surface area contributed by atoms with Crippen LogP contribution in [-0.4, -0.2) is 37.0 Å². The molecule has 1 aliphatic heterocycles. The first-order valence-electron chi connectivity index (χ1n) is 10.2. The summed E-state index contributed by atoms with van der Waals surface area (Å²) in [5.41, 5.74) is 1.65. The Labute approximate surface area is 172 Å². The number of rotatable bonds is 9. The molecule has 150 valence electrons. The van der Waals surface area contributed by atoms with Crippen molar-refractivity contribution in [3.05, 3.63) is 64.7 Å². The lowest BCUT2D eigenvalue weighted by Gasteiger charge is -2.29. The Kier molecular flexibility index (Phi) is 7.75. The Balaban J connectivity index is 1.71. The Bertz CT molecular complexity index is 775. The number of amides is 1. The van der Waals surface area contributed by atoms with Gasteiger partial charge in [0.25, 0.3) is 5.91 Å². The highest BCUT2D eigenvalue weighted by molar-refractivity contribution is 6.31. The summed E-state index contributed by atoms with van der Waals surface area (Å²) in [7, 11) is 0. The molecule has 2 aromatic carbocycles. The van der Waals surface area contributed by atoms with E-state index < -0.39 is 0 Å². The summed E-state index contributed by atoms with van der Waals surface area (Å²) in [6.45, 7) is 5.32. The fourth-order valence-electron chi connectivity index (χ4n) is 3.63. The molecule has 1 amide bonds. The molecule has 0 aliphatic carbocycles. The highest BCUT2D eigenvalue weighted by Gasteiger charge is 2.26.